The number of hydrogen-bond donors (Lipinski definition) is 5. The first kappa shape index (κ1) is 34.3. The molecule has 13 nitrogen and oxygen atoms in total. The van der Waals surface area contributed by atoms with E-state index in [1.807, 2.05) is 0 Å². The quantitative estimate of drug-likeness (QED) is 0.153. The number of amides is 1. The monoisotopic (exact) mass is 699 g/mol. The Balaban J connectivity index is 1.32. The highest BCUT2D eigenvalue weighted by Crippen LogP contribution is 2.60. The van der Waals surface area contributed by atoms with Gasteiger partial charge in [0, 0.05) is 31.4 Å². The first-order valence-electron chi connectivity index (χ1n) is 14.5. The number of ketones is 1. The van der Waals surface area contributed by atoms with Crippen molar-refractivity contribution in [3.05, 3.63) is 68.7 Å². The molecule has 0 unspecified atom stereocenters. The van der Waals surface area contributed by atoms with Gasteiger partial charge in [-0.3, -0.25) is 18.7 Å². The molecule has 248 valence electrons. The van der Waals surface area contributed by atoms with E-state index in [1.165, 1.54) is 37.4 Å². The fraction of sp³-hybridized carbons (Fsp3) is 0.414. The van der Waals surface area contributed by atoms with Gasteiger partial charge in [-0.15, -0.1) is 0 Å². The van der Waals surface area contributed by atoms with E-state index in [-0.39, 0.29) is 45.6 Å². The number of hydrogen-bond acceptors (Lipinski definition) is 7. The number of fused-ring (bicyclic) bond motifs is 1. The molecule has 1 atom stereocenters. The number of Topliss-reactive ketones (excluding diaryl/α,β-unsaturated/α-hetero) is 1. The molecule has 2 aromatic carbocycles. The average molecular weight is 700 g/mol. The molecule has 0 spiro atoms. The molecular weight excluding hydrogens is 667 g/mol. The molecule has 1 saturated carbocycles. The summed E-state index contributed by atoms with van der Waals surface area (Å²) in [4.78, 5) is 77.2. The lowest BCUT2D eigenvalue weighted by atomic mass is 10.1. The number of carbonyl (C=O) groups excluding carboxylic acids is 2. The predicted octanol–water partition coefficient (Wildman–Crippen LogP) is 4.70. The molecule has 2 heterocycles. The second-order valence-corrected chi connectivity index (χ2v) is 16.1. The number of benzene rings is 2. The van der Waals surface area contributed by atoms with Gasteiger partial charge < -0.3 is 39.1 Å². The molecule has 1 aliphatic carbocycles. The second-order valence-electron chi connectivity index (χ2n) is 11.7. The van der Waals surface area contributed by atoms with Crippen molar-refractivity contribution in [1.82, 2.24) is 9.88 Å². The van der Waals surface area contributed by atoms with Crippen molar-refractivity contribution < 1.29 is 47.4 Å². The number of rotatable bonds is 9. The van der Waals surface area contributed by atoms with Crippen LogP contribution < -0.4 is 20.4 Å². The van der Waals surface area contributed by atoms with Gasteiger partial charge in [-0.2, -0.15) is 0 Å². The van der Waals surface area contributed by atoms with Crippen molar-refractivity contribution in [1.29, 1.82) is 0 Å². The maximum absolute atomic E-state index is 15.7. The topological polar surface area (TPSA) is 196 Å². The zero-order valence-corrected chi connectivity index (χ0v) is 27.2. The number of carbonyl (C=O) groups is 2. The van der Waals surface area contributed by atoms with Crippen LogP contribution in [-0.2, 0) is 15.6 Å². The predicted molar refractivity (Wildman–Crippen MR) is 168 cm³/mol. The van der Waals surface area contributed by atoms with Crippen LogP contribution in [-0.4, -0.2) is 60.5 Å². The number of ether oxygens (including phenoxy) is 1. The Bertz CT molecular complexity index is 1820. The van der Waals surface area contributed by atoms with Gasteiger partial charge in [0.15, 0.2) is 16.6 Å². The highest BCUT2D eigenvalue weighted by molar-refractivity contribution is 7.70. The third-order valence-electron chi connectivity index (χ3n) is 8.14. The van der Waals surface area contributed by atoms with Crippen molar-refractivity contribution in [2.45, 2.75) is 62.9 Å². The van der Waals surface area contributed by atoms with Gasteiger partial charge in [-0.1, -0.05) is 23.7 Å². The first-order valence-corrected chi connectivity index (χ1v) is 18.3. The summed E-state index contributed by atoms with van der Waals surface area (Å²) in [5.74, 6) is -1.07. The highest BCUT2D eigenvalue weighted by atomic mass is 35.5. The van der Waals surface area contributed by atoms with E-state index < -0.39 is 56.2 Å². The number of pyridine rings is 1. The third kappa shape index (κ3) is 7.55. The molecule has 5 N–H and O–H groups in total. The van der Waals surface area contributed by atoms with E-state index in [9.17, 15) is 43.1 Å². The summed E-state index contributed by atoms with van der Waals surface area (Å²) in [5.41, 5.74) is 0.0607. The third-order valence-corrected chi connectivity index (χ3v) is 12.2. The summed E-state index contributed by atoms with van der Waals surface area (Å²) in [5, 5.41) is 0.655. The van der Waals surface area contributed by atoms with Crippen LogP contribution in [0.25, 0.3) is 10.9 Å². The summed E-state index contributed by atoms with van der Waals surface area (Å²) in [6.45, 7) is 1.90. The van der Waals surface area contributed by atoms with Crippen LogP contribution in [0.1, 0.15) is 61.0 Å². The van der Waals surface area contributed by atoms with Gasteiger partial charge in [0.25, 0.3) is 0 Å². The van der Waals surface area contributed by atoms with E-state index in [4.69, 9.17) is 16.3 Å². The molecule has 0 radical (unpaired) electrons. The van der Waals surface area contributed by atoms with Gasteiger partial charge in [-0.25, -0.2) is 9.18 Å². The second kappa shape index (κ2) is 13.2. The minimum absolute atomic E-state index is 0.0266. The average Bonchev–Trinajstić information content (AvgIpc) is 3.80. The van der Waals surface area contributed by atoms with Gasteiger partial charge in [0.05, 0.1) is 27.2 Å². The lowest BCUT2D eigenvalue weighted by Gasteiger charge is -2.29. The molecule has 3 aromatic rings. The van der Waals surface area contributed by atoms with Gasteiger partial charge in [-0.05, 0) is 69.2 Å². The van der Waals surface area contributed by atoms with Crippen LogP contribution >= 0.6 is 26.8 Å². The number of aromatic nitrogens is 1. The molecular formula is C29H33ClFN3O10P2. The molecule has 2 aliphatic rings. The van der Waals surface area contributed by atoms with Gasteiger partial charge in [0.1, 0.15) is 11.6 Å². The number of nitrogens with one attached hydrogen (secondary N) is 1. The fourth-order valence-electron chi connectivity index (χ4n) is 5.72. The fourth-order valence-corrected chi connectivity index (χ4v) is 8.59. The molecule has 0 bridgehead atoms. The minimum atomic E-state index is -5.10. The Morgan fingerprint density at radius 1 is 1.09 bits per heavy atom. The van der Waals surface area contributed by atoms with Crippen molar-refractivity contribution in [3.8, 4) is 5.75 Å². The van der Waals surface area contributed by atoms with Crippen molar-refractivity contribution in [2.24, 2.45) is 0 Å². The molecule has 1 aliphatic heterocycles. The molecule has 2 fully saturated rings. The van der Waals surface area contributed by atoms with Crippen LogP contribution in [0.4, 0.5) is 14.9 Å². The zero-order valence-electron chi connectivity index (χ0n) is 24.6. The van der Waals surface area contributed by atoms with Crippen molar-refractivity contribution >= 4 is 55.3 Å². The van der Waals surface area contributed by atoms with Crippen LogP contribution in [0.3, 0.4) is 0 Å². The van der Waals surface area contributed by atoms with E-state index in [0.29, 0.717) is 31.3 Å². The summed E-state index contributed by atoms with van der Waals surface area (Å²) < 4.78 is 46.0. The molecule has 17 heteroatoms. The van der Waals surface area contributed by atoms with Gasteiger partial charge in [0.2, 0.25) is 0 Å². The van der Waals surface area contributed by atoms with E-state index in [2.05, 4.69) is 5.32 Å². The van der Waals surface area contributed by atoms with Crippen LogP contribution in [0, 0.1) is 5.82 Å². The Morgan fingerprint density at radius 3 is 2.33 bits per heavy atom. The first-order chi connectivity index (χ1) is 21.5. The Kier molecular flexibility index (Phi) is 9.82. The lowest BCUT2D eigenvalue weighted by molar-refractivity contribution is 0.101. The van der Waals surface area contributed by atoms with Crippen molar-refractivity contribution in [3.63, 3.8) is 0 Å². The zero-order chi connectivity index (χ0) is 33.6. The normalized spacial score (nSPS) is 17.7. The Morgan fingerprint density at radius 2 is 1.74 bits per heavy atom. The van der Waals surface area contributed by atoms with E-state index in [0.717, 1.165) is 18.9 Å². The molecule has 1 aromatic heterocycles. The standard InChI is InChI=1S/C29H33ClFN3O10P2/c1-16(35)22-15-34(19-7-8-19)26-21(28(22)36)13-23(31)27(25(26)30)33-11-3-2-4-18(14-33)32-29(37)44-20-9-5-17(6-10-20)12-24(45(38,39)40)46(41,42)43/h5-6,9-10,13,15,18-19,24H,2-4,7-8,11-12,14H2,1H3,(H,32,37)(H2,38,39,40)(H2,41,42,43)/t18-/m1/s1. The summed E-state index contributed by atoms with van der Waals surface area (Å²) in [6.07, 6.45) is 3.69. The highest BCUT2D eigenvalue weighted by Gasteiger charge is 2.43. The molecule has 5 rings (SSSR count). The smallest absolute Gasteiger partial charge is 0.410 e. The number of halogens is 2. The Hall–Kier alpha value is -3.09. The lowest BCUT2D eigenvalue weighted by Crippen LogP contribution is -2.44. The van der Waals surface area contributed by atoms with Crippen LogP contribution in [0.15, 0.2) is 41.3 Å². The summed E-state index contributed by atoms with van der Waals surface area (Å²) in [7, 11) is -10.2. The minimum Gasteiger partial charge on any atom is -0.410 e. The molecule has 1 amide bonds. The van der Waals surface area contributed by atoms with E-state index >= 15 is 4.39 Å². The van der Waals surface area contributed by atoms with Crippen LogP contribution in [0.5, 0.6) is 5.75 Å². The molecule has 46 heavy (non-hydrogen) atoms. The summed E-state index contributed by atoms with van der Waals surface area (Å²) >= 11 is 6.84. The van der Waals surface area contributed by atoms with Crippen LogP contribution in [0.2, 0.25) is 5.02 Å². The number of anilines is 1. The van der Waals surface area contributed by atoms with Gasteiger partial charge >= 0.3 is 21.3 Å². The largest absolute Gasteiger partial charge is 0.412 e. The summed E-state index contributed by atoms with van der Waals surface area (Å²) in [6, 6.07) is 6.00. The van der Waals surface area contributed by atoms with E-state index in [1.54, 1.807) is 9.47 Å². The number of nitrogens with zero attached hydrogens (tertiary/aromatic N) is 2. The Labute approximate surface area is 267 Å². The SMILES string of the molecule is CC(=O)c1cn(C2CC2)c2c(Cl)c(N3CCCC[C@@H](NC(=O)Oc4ccc(CC(P(=O)(O)O)P(=O)(O)O)cc4)C3)c(F)cc2c1=O. The molecule has 1 saturated heterocycles. The maximum Gasteiger partial charge on any atom is 0.412 e. The maximum atomic E-state index is 15.7. The van der Waals surface area contributed by atoms with Crippen molar-refractivity contribution in [2.75, 3.05) is 18.0 Å².